The Labute approximate surface area is 129 Å². The zero-order valence-corrected chi connectivity index (χ0v) is 13.2. The Morgan fingerprint density at radius 2 is 1.85 bits per heavy atom. The Morgan fingerprint density at radius 1 is 1.20 bits per heavy atom. The van der Waals surface area contributed by atoms with Crippen LogP contribution in [-0.4, -0.2) is 11.2 Å². The van der Waals surface area contributed by atoms with Gasteiger partial charge in [-0.3, -0.25) is 4.79 Å². The van der Waals surface area contributed by atoms with Gasteiger partial charge in [0.05, 0.1) is 10.9 Å². The lowest BCUT2D eigenvalue weighted by molar-refractivity contribution is -0.115. The molecule has 2 aromatic rings. The van der Waals surface area contributed by atoms with Gasteiger partial charge in [0, 0.05) is 9.37 Å². The van der Waals surface area contributed by atoms with Gasteiger partial charge in [-0.1, -0.05) is 28.1 Å². The summed E-state index contributed by atoms with van der Waals surface area (Å²) in [5.41, 5.74) is 0.209. The minimum atomic E-state index is -0.429. The van der Waals surface area contributed by atoms with E-state index in [1.54, 1.807) is 25.1 Å². The zero-order chi connectivity index (χ0) is 14.5. The summed E-state index contributed by atoms with van der Waals surface area (Å²) in [5.74, 6) is -0.648. The highest BCUT2D eigenvalue weighted by Gasteiger charge is 2.15. The molecule has 1 unspecified atom stereocenters. The molecule has 20 heavy (non-hydrogen) atoms. The average Bonchev–Trinajstić information content (AvgIpc) is 2.44. The fraction of sp³-hybridized carbons (Fsp3) is 0.133. The van der Waals surface area contributed by atoms with E-state index >= 15 is 0 Å². The van der Waals surface area contributed by atoms with E-state index in [2.05, 4.69) is 21.2 Å². The van der Waals surface area contributed by atoms with Gasteiger partial charge in [0.15, 0.2) is 0 Å². The average molecular weight is 354 g/mol. The number of carbonyl (C=O) groups excluding carboxylic acids is 1. The van der Waals surface area contributed by atoms with Gasteiger partial charge in [-0.2, -0.15) is 0 Å². The first-order valence-electron chi connectivity index (χ1n) is 6.04. The standard InChI is InChI=1S/C15H13BrFNOS/c1-10(20-12-8-6-11(16)7-9-12)15(19)18-14-5-3-2-4-13(14)17/h2-10H,1H3,(H,18,19). The van der Waals surface area contributed by atoms with E-state index < -0.39 is 5.82 Å². The van der Waals surface area contributed by atoms with Gasteiger partial charge in [-0.25, -0.2) is 4.39 Å². The largest absolute Gasteiger partial charge is 0.323 e. The molecule has 104 valence electrons. The van der Waals surface area contributed by atoms with Crippen LogP contribution >= 0.6 is 27.7 Å². The van der Waals surface area contributed by atoms with Crippen molar-refractivity contribution in [3.8, 4) is 0 Å². The molecule has 5 heteroatoms. The maximum absolute atomic E-state index is 13.5. The molecule has 0 aliphatic rings. The number of amides is 1. The molecule has 0 heterocycles. The molecule has 0 bridgehead atoms. The highest BCUT2D eigenvalue weighted by Crippen LogP contribution is 2.26. The van der Waals surface area contributed by atoms with Gasteiger partial charge in [0.2, 0.25) is 5.91 Å². The number of thioether (sulfide) groups is 1. The molecule has 0 aliphatic heterocycles. The number of nitrogens with one attached hydrogen (secondary N) is 1. The molecule has 0 saturated carbocycles. The molecule has 0 fully saturated rings. The van der Waals surface area contributed by atoms with Crippen molar-refractivity contribution in [3.05, 3.63) is 58.8 Å². The summed E-state index contributed by atoms with van der Waals surface area (Å²) in [6.07, 6.45) is 0. The highest BCUT2D eigenvalue weighted by molar-refractivity contribution is 9.10. The normalized spacial score (nSPS) is 11.9. The molecule has 2 rings (SSSR count). The predicted octanol–water partition coefficient (Wildman–Crippen LogP) is 4.71. The summed E-state index contributed by atoms with van der Waals surface area (Å²) < 4.78 is 14.4. The third-order valence-corrected chi connectivity index (χ3v) is 4.27. The smallest absolute Gasteiger partial charge is 0.237 e. The lowest BCUT2D eigenvalue weighted by Crippen LogP contribution is -2.22. The number of benzene rings is 2. The van der Waals surface area contributed by atoms with Crippen LogP contribution in [0.3, 0.4) is 0 Å². The van der Waals surface area contributed by atoms with E-state index in [1.165, 1.54) is 17.8 Å². The summed E-state index contributed by atoms with van der Waals surface area (Å²) in [5, 5.41) is 2.29. The van der Waals surface area contributed by atoms with Crippen molar-refractivity contribution in [1.82, 2.24) is 0 Å². The maximum atomic E-state index is 13.5. The Hall–Kier alpha value is -1.33. The second kappa shape index (κ2) is 6.90. The fourth-order valence-corrected chi connectivity index (χ4v) is 2.70. The summed E-state index contributed by atoms with van der Waals surface area (Å²) in [7, 11) is 0. The van der Waals surface area contributed by atoms with Gasteiger partial charge in [0.1, 0.15) is 5.82 Å². The third kappa shape index (κ3) is 4.08. The molecule has 0 aromatic heterocycles. The Balaban J connectivity index is 1.99. The second-order valence-electron chi connectivity index (χ2n) is 4.18. The molecule has 0 saturated heterocycles. The molecule has 0 spiro atoms. The number of anilines is 1. The van der Waals surface area contributed by atoms with Crippen LogP contribution in [0.4, 0.5) is 10.1 Å². The van der Waals surface area contributed by atoms with Crippen molar-refractivity contribution in [1.29, 1.82) is 0 Å². The Morgan fingerprint density at radius 3 is 2.50 bits per heavy atom. The molecule has 2 nitrogen and oxygen atoms in total. The van der Waals surface area contributed by atoms with Crippen molar-refractivity contribution in [2.75, 3.05) is 5.32 Å². The van der Waals surface area contributed by atoms with Crippen LogP contribution in [0.2, 0.25) is 0 Å². The number of halogens is 2. The van der Waals surface area contributed by atoms with Crippen molar-refractivity contribution in [2.45, 2.75) is 17.1 Å². The third-order valence-electron chi connectivity index (χ3n) is 2.63. The number of rotatable bonds is 4. The minimum absolute atomic E-state index is 0.209. The van der Waals surface area contributed by atoms with Gasteiger partial charge < -0.3 is 5.32 Å². The SMILES string of the molecule is CC(Sc1ccc(Br)cc1)C(=O)Nc1ccccc1F. The van der Waals surface area contributed by atoms with E-state index in [9.17, 15) is 9.18 Å². The van der Waals surface area contributed by atoms with Crippen molar-refractivity contribution in [3.63, 3.8) is 0 Å². The van der Waals surface area contributed by atoms with Crippen molar-refractivity contribution in [2.24, 2.45) is 0 Å². The number of para-hydroxylation sites is 1. The number of carbonyl (C=O) groups is 1. The van der Waals surface area contributed by atoms with E-state index in [0.717, 1.165) is 9.37 Å². The summed E-state index contributed by atoms with van der Waals surface area (Å²) >= 11 is 4.79. The summed E-state index contributed by atoms with van der Waals surface area (Å²) in [6, 6.07) is 13.8. The van der Waals surface area contributed by atoms with E-state index in [1.807, 2.05) is 24.3 Å². The summed E-state index contributed by atoms with van der Waals surface area (Å²) in [4.78, 5) is 13.0. The molecule has 1 amide bonds. The highest BCUT2D eigenvalue weighted by atomic mass is 79.9. The topological polar surface area (TPSA) is 29.1 Å². The fourth-order valence-electron chi connectivity index (χ4n) is 1.57. The molecular weight excluding hydrogens is 341 g/mol. The van der Waals surface area contributed by atoms with Crippen LogP contribution in [0, 0.1) is 5.82 Å². The van der Waals surface area contributed by atoms with Crippen LogP contribution in [0.5, 0.6) is 0 Å². The Bertz CT molecular complexity index is 603. The van der Waals surface area contributed by atoms with Gasteiger partial charge in [-0.15, -0.1) is 11.8 Å². The minimum Gasteiger partial charge on any atom is -0.323 e. The quantitative estimate of drug-likeness (QED) is 0.806. The number of hydrogen-bond acceptors (Lipinski definition) is 2. The molecule has 0 radical (unpaired) electrons. The van der Waals surface area contributed by atoms with Crippen LogP contribution in [-0.2, 0) is 4.79 Å². The molecular formula is C15H13BrFNOS. The van der Waals surface area contributed by atoms with Gasteiger partial charge >= 0.3 is 0 Å². The van der Waals surface area contributed by atoms with Gasteiger partial charge in [-0.05, 0) is 43.3 Å². The summed E-state index contributed by atoms with van der Waals surface area (Å²) in [6.45, 7) is 1.79. The van der Waals surface area contributed by atoms with Crippen LogP contribution < -0.4 is 5.32 Å². The van der Waals surface area contributed by atoms with E-state index in [-0.39, 0.29) is 16.8 Å². The first-order chi connectivity index (χ1) is 9.56. The molecule has 0 aliphatic carbocycles. The first kappa shape index (κ1) is 15.1. The molecule has 2 aromatic carbocycles. The van der Waals surface area contributed by atoms with Crippen LogP contribution in [0.15, 0.2) is 57.9 Å². The zero-order valence-electron chi connectivity index (χ0n) is 10.8. The lowest BCUT2D eigenvalue weighted by atomic mass is 10.3. The van der Waals surface area contributed by atoms with E-state index in [0.29, 0.717) is 0 Å². The van der Waals surface area contributed by atoms with Crippen molar-refractivity contribution >= 4 is 39.3 Å². The lowest BCUT2D eigenvalue weighted by Gasteiger charge is -2.12. The van der Waals surface area contributed by atoms with Gasteiger partial charge in [0.25, 0.3) is 0 Å². The Kier molecular flexibility index (Phi) is 5.20. The van der Waals surface area contributed by atoms with Crippen LogP contribution in [0.1, 0.15) is 6.92 Å². The van der Waals surface area contributed by atoms with E-state index in [4.69, 9.17) is 0 Å². The van der Waals surface area contributed by atoms with Crippen LogP contribution in [0.25, 0.3) is 0 Å². The monoisotopic (exact) mass is 353 g/mol. The maximum Gasteiger partial charge on any atom is 0.237 e. The van der Waals surface area contributed by atoms with Crippen molar-refractivity contribution < 1.29 is 9.18 Å². The second-order valence-corrected chi connectivity index (χ2v) is 6.51. The molecule has 1 N–H and O–H groups in total. The first-order valence-corrected chi connectivity index (χ1v) is 7.71. The number of hydrogen-bond donors (Lipinski definition) is 1. The predicted molar refractivity (Wildman–Crippen MR) is 84.5 cm³/mol. The molecule has 1 atom stereocenters.